The summed E-state index contributed by atoms with van der Waals surface area (Å²) >= 11 is 5.09. The van der Waals surface area contributed by atoms with Crippen molar-refractivity contribution in [2.45, 2.75) is 24.5 Å². The first-order chi connectivity index (χ1) is 6.98. The quantitative estimate of drug-likeness (QED) is 0.667. The summed E-state index contributed by atoms with van der Waals surface area (Å²) in [4.78, 5) is 18.9. The summed E-state index contributed by atoms with van der Waals surface area (Å²) in [7, 11) is 0. The molecule has 6 heteroatoms. The fourth-order valence-electron chi connectivity index (χ4n) is 0.919. The molecule has 0 aliphatic rings. The Bertz CT molecular complexity index is 375. The van der Waals surface area contributed by atoms with E-state index in [2.05, 4.69) is 9.97 Å². The molecule has 0 saturated heterocycles. The van der Waals surface area contributed by atoms with Crippen molar-refractivity contribution >= 4 is 37.8 Å². The molecule has 1 aromatic heterocycles. The molecular formula is C9H11AsClN2O2. The summed E-state index contributed by atoms with van der Waals surface area (Å²) in [6.07, 6.45) is 2.14. The summed E-state index contributed by atoms with van der Waals surface area (Å²) < 4.78 is 0.0479. The summed E-state index contributed by atoms with van der Waals surface area (Å²) in [5.41, 5.74) is 0. The van der Waals surface area contributed by atoms with E-state index in [9.17, 15) is 4.79 Å². The SMILES string of the molecule is CC[C@@](C)([As]c1ccnc(Cl)n1)C(=O)O. The van der Waals surface area contributed by atoms with Crippen LogP contribution in [-0.4, -0.2) is 36.8 Å². The zero-order valence-electron chi connectivity index (χ0n) is 8.44. The molecular weight excluding hydrogens is 278 g/mol. The van der Waals surface area contributed by atoms with Gasteiger partial charge in [-0.3, -0.25) is 0 Å². The Hall–Kier alpha value is -0.602. The van der Waals surface area contributed by atoms with Crippen molar-refractivity contribution in [3.05, 3.63) is 17.5 Å². The Labute approximate surface area is 99.8 Å². The molecule has 0 aliphatic heterocycles. The van der Waals surface area contributed by atoms with Crippen molar-refractivity contribution in [3.8, 4) is 0 Å². The monoisotopic (exact) mass is 289 g/mol. The molecule has 1 N–H and O–H groups in total. The number of rotatable bonds is 4. The fraction of sp³-hybridized carbons (Fsp3) is 0.444. The van der Waals surface area contributed by atoms with Crippen LogP contribution in [0.25, 0.3) is 0 Å². The van der Waals surface area contributed by atoms with Crippen molar-refractivity contribution in [2.75, 3.05) is 0 Å². The Balaban J connectivity index is 2.89. The molecule has 4 nitrogen and oxygen atoms in total. The molecule has 15 heavy (non-hydrogen) atoms. The van der Waals surface area contributed by atoms with Crippen molar-refractivity contribution in [2.24, 2.45) is 0 Å². The van der Waals surface area contributed by atoms with Crippen LogP contribution in [0.4, 0.5) is 0 Å². The van der Waals surface area contributed by atoms with Crippen molar-refractivity contribution in [3.63, 3.8) is 0 Å². The molecule has 0 spiro atoms. The third kappa shape index (κ3) is 3.18. The van der Waals surface area contributed by atoms with Gasteiger partial charge in [0, 0.05) is 0 Å². The van der Waals surface area contributed by atoms with E-state index in [0.29, 0.717) is 6.42 Å². The van der Waals surface area contributed by atoms with Gasteiger partial charge in [0.2, 0.25) is 0 Å². The Morgan fingerprint density at radius 2 is 2.40 bits per heavy atom. The molecule has 0 saturated carbocycles. The molecule has 0 aliphatic carbocycles. The van der Waals surface area contributed by atoms with Crippen LogP contribution >= 0.6 is 11.6 Å². The molecule has 1 rings (SSSR count). The van der Waals surface area contributed by atoms with Crippen LogP contribution in [0, 0.1) is 0 Å². The standard InChI is InChI=1S/C9H11AsClN2O2/c1-3-9(2,7(14)15)10-6-4-5-12-8(11)13-6/h4-5H,3H2,1-2H3,(H,14,15)/t9-/m1/s1. The zero-order chi connectivity index (χ0) is 11.5. The molecule has 1 radical (unpaired) electrons. The summed E-state index contributed by atoms with van der Waals surface area (Å²) in [6, 6.07) is 1.72. The maximum absolute atomic E-state index is 11.1. The average Bonchev–Trinajstić information content (AvgIpc) is 2.17. The van der Waals surface area contributed by atoms with Crippen LogP contribution in [0.15, 0.2) is 12.3 Å². The van der Waals surface area contributed by atoms with Crippen LogP contribution in [0.1, 0.15) is 20.3 Å². The van der Waals surface area contributed by atoms with E-state index in [-0.39, 0.29) is 5.28 Å². The minimum atomic E-state index is -0.778. The molecule has 0 unspecified atom stereocenters. The normalized spacial score (nSPS) is 15.4. The predicted octanol–water partition coefficient (Wildman–Crippen LogP) is 1.13. The fourth-order valence-corrected chi connectivity index (χ4v) is 3.39. The van der Waals surface area contributed by atoms with Crippen LogP contribution in [0.5, 0.6) is 0 Å². The van der Waals surface area contributed by atoms with Gasteiger partial charge in [0.1, 0.15) is 0 Å². The molecule has 81 valence electrons. The summed E-state index contributed by atoms with van der Waals surface area (Å²) in [5.74, 6) is -0.778. The van der Waals surface area contributed by atoms with Gasteiger partial charge >= 0.3 is 99.7 Å². The van der Waals surface area contributed by atoms with E-state index < -0.39 is 25.9 Å². The third-order valence-corrected chi connectivity index (χ3v) is 5.41. The van der Waals surface area contributed by atoms with Gasteiger partial charge < -0.3 is 0 Å². The molecule has 0 bridgehead atoms. The van der Waals surface area contributed by atoms with E-state index in [1.54, 1.807) is 19.2 Å². The van der Waals surface area contributed by atoms with E-state index in [1.165, 1.54) is 0 Å². The van der Waals surface area contributed by atoms with E-state index in [1.807, 2.05) is 6.92 Å². The van der Waals surface area contributed by atoms with Gasteiger partial charge in [-0.05, 0) is 0 Å². The maximum atomic E-state index is 11.1. The number of carbonyl (C=O) groups is 1. The van der Waals surface area contributed by atoms with Crippen molar-refractivity contribution in [1.29, 1.82) is 0 Å². The van der Waals surface area contributed by atoms with Crippen LogP contribution in [0.3, 0.4) is 0 Å². The van der Waals surface area contributed by atoms with E-state index in [4.69, 9.17) is 16.7 Å². The van der Waals surface area contributed by atoms with Crippen LogP contribution in [0.2, 0.25) is 9.49 Å². The number of carboxylic acids is 1. The first kappa shape index (κ1) is 12.5. The molecule has 1 aromatic rings. The van der Waals surface area contributed by atoms with Crippen molar-refractivity contribution < 1.29 is 9.90 Å². The van der Waals surface area contributed by atoms with Crippen LogP contribution in [-0.2, 0) is 4.79 Å². The van der Waals surface area contributed by atoms with Crippen LogP contribution < -0.4 is 4.48 Å². The molecule has 0 amide bonds. The minimum absolute atomic E-state index is 0.173. The number of carboxylic acid groups (broad SMARTS) is 1. The first-order valence-corrected chi connectivity index (χ1v) is 6.68. The number of aliphatic carboxylic acids is 1. The topological polar surface area (TPSA) is 63.1 Å². The summed E-state index contributed by atoms with van der Waals surface area (Å²) in [5, 5.41) is 9.28. The van der Waals surface area contributed by atoms with Gasteiger partial charge in [-0.25, -0.2) is 0 Å². The second-order valence-corrected chi connectivity index (χ2v) is 7.07. The van der Waals surface area contributed by atoms with Gasteiger partial charge in [0.15, 0.2) is 0 Å². The number of nitrogens with zero attached hydrogens (tertiary/aromatic N) is 2. The molecule has 1 atom stereocenters. The molecule has 0 aromatic carbocycles. The molecule has 0 fully saturated rings. The predicted molar refractivity (Wildman–Crippen MR) is 58.7 cm³/mol. The third-order valence-electron chi connectivity index (χ3n) is 2.12. The Morgan fingerprint density at radius 1 is 1.73 bits per heavy atom. The number of hydrogen-bond donors (Lipinski definition) is 1. The van der Waals surface area contributed by atoms with Gasteiger partial charge in [-0.15, -0.1) is 0 Å². The van der Waals surface area contributed by atoms with Gasteiger partial charge in [-0.1, -0.05) is 0 Å². The Kier molecular flexibility index (Phi) is 4.11. The zero-order valence-corrected chi connectivity index (χ0v) is 11.1. The number of hydrogen-bond acceptors (Lipinski definition) is 3. The summed E-state index contributed by atoms with van der Waals surface area (Å²) in [6.45, 7) is 3.61. The second-order valence-electron chi connectivity index (χ2n) is 3.23. The second kappa shape index (κ2) is 4.95. The average molecular weight is 290 g/mol. The van der Waals surface area contributed by atoms with E-state index in [0.717, 1.165) is 4.48 Å². The van der Waals surface area contributed by atoms with Gasteiger partial charge in [-0.2, -0.15) is 0 Å². The van der Waals surface area contributed by atoms with Gasteiger partial charge in [0.25, 0.3) is 0 Å². The van der Waals surface area contributed by atoms with Gasteiger partial charge in [0.05, 0.1) is 0 Å². The number of aromatic nitrogens is 2. The Morgan fingerprint density at radius 3 is 2.87 bits per heavy atom. The first-order valence-electron chi connectivity index (χ1n) is 4.43. The molecule has 1 heterocycles. The number of halogens is 1. The van der Waals surface area contributed by atoms with Crippen molar-refractivity contribution in [1.82, 2.24) is 9.97 Å². The van der Waals surface area contributed by atoms with E-state index >= 15 is 0 Å².